The summed E-state index contributed by atoms with van der Waals surface area (Å²) in [5.74, 6) is 1.76. The van der Waals surface area contributed by atoms with Crippen molar-refractivity contribution in [3.63, 3.8) is 0 Å². The van der Waals surface area contributed by atoms with E-state index >= 15 is 0 Å². The minimum atomic E-state index is 0.546. The molecule has 57 heavy (non-hydrogen) atoms. The van der Waals surface area contributed by atoms with E-state index < -0.39 is 0 Å². The maximum absolute atomic E-state index is 5.33. The van der Waals surface area contributed by atoms with Gasteiger partial charge in [-0.2, -0.15) is 9.97 Å². The first-order chi connectivity index (χ1) is 28.2. The fraction of sp³-hybridized carbons (Fsp3) is 0.0192. The van der Waals surface area contributed by atoms with E-state index in [2.05, 4.69) is 162 Å². The number of allylic oxidation sites excluding steroid dienone is 1. The number of hydrogen-bond acceptors (Lipinski definition) is 3. The Balaban J connectivity index is 1.38. The van der Waals surface area contributed by atoms with Crippen LogP contribution in [-0.2, 0) is 0 Å². The SMILES string of the molecule is C=Cc1c(/C=C\C)ccc2c1c1ccc3c4c5ccccc5ccc4n(-c4ccc5ccccc5c4)c3c1n2-c1nc(-c2ccccc2)nc(-c2ccccc2)n1. The lowest BCUT2D eigenvalue weighted by atomic mass is 9.99. The van der Waals surface area contributed by atoms with E-state index in [1.54, 1.807) is 0 Å². The van der Waals surface area contributed by atoms with E-state index in [-0.39, 0.29) is 0 Å². The molecule has 0 atom stereocenters. The molecule has 0 aliphatic carbocycles. The van der Waals surface area contributed by atoms with Crippen LogP contribution in [0.5, 0.6) is 0 Å². The van der Waals surface area contributed by atoms with E-state index in [9.17, 15) is 0 Å². The van der Waals surface area contributed by atoms with Crippen molar-refractivity contribution < 1.29 is 0 Å². The van der Waals surface area contributed by atoms with Gasteiger partial charge < -0.3 is 4.57 Å². The van der Waals surface area contributed by atoms with Gasteiger partial charge in [0, 0.05) is 38.4 Å². The summed E-state index contributed by atoms with van der Waals surface area (Å²) >= 11 is 0. The lowest BCUT2D eigenvalue weighted by molar-refractivity contribution is 0.953. The summed E-state index contributed by atoms with van der Waals surface area (Å²) in [6.07, 6.45) is 6.22. The van der Waals surface area contributed by atoms with Gasteiger partial charge in [0.05, 0.1) is 22.1 Å². The van der Waals surface area contributed by atoms with Crippen LogP contribution in [0.1, 0.15) is 18.1 Å². The lowest BCUT2D eigenvalue weighted by Crippen LogP contribution is -2.07. The zero-order valence-electron chi connectivity index (χ0n) is 31.3. The number of rotatable bonds is 6. The molecule has 0 N–H and O–H groups in total. The predicted octanol–water partition coefficient (Wildman–Crippen LogP) is 13.4. The molecule has 3 heterocycles. The molecule has 5 heteroatoms. The minimum Gasteiger partial charge on any atom is -0.307 e. The van der Waals surface area contributed by atoms with Gasteiger partial charge in [-0.15, -0.1) is 0 Å². The van der Waals surface area contributed by atoms with Gasteiger partial charge in [0.2, 0.25) is 5.95 Å². The molecule has 0 unspecified atom stereocenters. The fourth-order valence-corrected chi connectivity index (χ4v) is 8.73. The van der Waals surface area contributed by atoms with Crippen molar-refractivity contribution in [3.8, 4) is 34.4 Å². The third-order valence-corrected chi connectivity index (χ3v) is 11.2. The van der Waals surface area contributed by atoms with Gasteiger partial charge in [-0.25, -0.2) is 4.98 Å². The molecular formula is C52H35N5. The smallest absolute Gasteiger partial charge is 0.238 e. The standard InChI is InChI=1S/C52H35N5/c1-3-15-34-25-31-45-46(40(34)4-2)42-28-29-43-47-41-23-14-13-17-35(41)26-30-44(47)56(39-27-24-33-16-11-12-22-38(33)32-39)48(43)49(42)57(45)52-54-50(36-18-7-5-8-19-36)53-51(55-52)37-20-9-6-10-21-37/h3-32H,2H2,1H3/b15-3-. The zero-order chi connectivity index (χ0) is 38.0. The van der Waals surface area contributed by atoms with Gasteiger partial charge in [-0.3, -0.25) is 4.57 Å². The first kappa shape index (κ1) is 32.8. The molecule has 0 aliphatic rings. The average Bonchev–Trinajstić information content (AvgIpc) is 3.80. The van der Waals surface area contributed by atoms with Crippen molar-refractivity contribution in [1.82, 2.24) is 24.1 Å². The van der Waals surface area contributed by atoms with Crippen molar-refractivity contribution >= 4 is 77.3 Å². The lowest BCUT2D eigenvalue weighted by Gasteiger charge is -2.14. The summed E-state index contributed by atoms with van der Waals surface area (Å²) in [7, 11) is 0. The highest BCUT2D eigenvalue weighted by atomic mass is 15.2. The Kier molecular flexibility index (Phi) is 7.47. The van der Waals surface area contributed by atoms with Crippen LogP contribution in [0.3, 0.4) is 0 Å². The van der Waals surface area contributed by atoms with Crippen LogP contribution in [0, 0.1) is 0 Å². The van der Waals surface area contributed by atoms with Crippen molar-refractivity contribution in [2.24, 2.45) is 0 Å². The molecule has 0 fully saturated rings. The second-order valence-electron chi connectivity index (χ2n) is 14.4. The van der Waals surface area contributed by atoms with Crippen LogP contribution in [0.2, 0.25) is 0 Å². The molecule has 3 aromatic heterocycles. The van der Waals surface area contributed by atoms with Gasteiger partial charge >= 0.3 is 0 Å². The Bertz CT molecular complexity index is 3370. The second kappa shape index (κ2) is 13.0. The molecule has 0 saturated heterocycles. The van der Waals surface area contributed by atoms with E-state index in [0.29, 0.717) is 17.6 Å². The Hall–Kier alpha value is -7.63. The first-order valence-corrected chi connectivity index (χ1v) is 19.3. The molecule has 0 amide bonds. The normalized spacial score (nSPS) is 11.9. The summed E-state index contributed by atoms with van der Waals surface area (Å²) in [6, 6.07) is 57.9. The van der Waals surface area contributed by atoms with Gasteiger partial charge in [-0.05, 0) is 63.9 Å². The molecule has 0 radical (unpaired) electrons. The van der Waals surface area contributed by atoms with Crippen LogP contribution in [0.25, 0.3) is 112 Å². The molecule has 268 valence electrons. The Morgan fingerprint density at radius 3 is 1.77 bits per heavy atom. The molecule has 0 aliphatic heterocycles. The third kappa shape index (κ3) is 5.06. The predicted molar refractivity (Wildman–Crippen MR) is 239 cm³/mol. The van der Waals surface area contributed by atoms with Crippen LogP contribution in [-0.4, -0.2) is 24.1 Å². The monoisotopic (exact) mass is 729 g/mol. The number of aromatic nitrogens is 5. The number of nitrogens with zero attached hydrogens (tertiary/aromatic N) is 5. The van der Waals surface area contributed by atoms with Crippen molar-refractivity contribution in [1.29, 1.82) is 0 Å². The minimum absolute atomic E-state index is 0.546. The van der Waals surface area contributed by atoms with Crippen LogP contribution in [0.15, 0.2) is 176 Å². The van der Waals surface area contributed by atoms with Crippen LogP contribution in [0.4, 0.5) is 0 Å². The van der Waals surface area contributed by atoms with Gasteiger partial charge in [0.15, 0.2) is 11.6 Å². The number of fused-ring (bicyclic) bond motifs is 10. The highest BCUT2D eigenvalue weighted by Crippen LogP contribution is 2.45. The number of benzene rings is 8. The molecule has 5 nitrogen and oxygen atoms in total. The maximum atomic E-state index is 5.33. The Morgan fingerprint density at radius 1 is 0.491 bits per heavy atom. The largest absolute Gasteiger partial charge is 0.307 e. The summed E-state index contributed by atoms with van der Waals surface area (Å²) in [5.41, 5.74) is 9.30. The quantitative estimate of drug-likeness (QED) is 0.171. The highest BCUT2D eigenvalue weighted by Gasteiger charge is 2.26. The first-order valence-electron chi connectivity index (χ1n) is 19.3. The second-order valence-corrected chi connectivity index (χ2v) is 14.4. The van der Waals surface area contributed by atoms with E-state index in [0.717, 1.165) is 66.2 Å². The number of hydrogen-bond donors (Lipinski definition) is 0. The van der Waals surface area contributed by atoms with Gasteiger partial charge in [-0.1, -0.05) is 164 Å². The molecule has 11 rings (SSSR count). The maximum Gasteiger partial charge on any atom is 0.238 e. The molecule has 0 saturated carbocycles. The highest BCUT2D eigenvalue weighted by molar-refractivity contribution is 6.29. The van der Waals surface area contributed by atoms with Gasteiger partial charge in [0.25, 0.3) is 0 Å². The molecular weight excluding hydrogens is 695 g/mol. The third-order valence-electron chi connectivity index (χ3n) is 11.2. The summed E-state index contributed by atoms with van der Waals surface area (Å²) < 4.78 is 4.71. The summed E-state index contributed by atoms with van der Waals surface area (Å²) in [4.78, 5) is 15.7. The molecule has 0 bridgehead atoms. The topological polar surface area (TPSA) is 48.5 Å². The van der Waals surface area contributed by atoms with Crippen molar-refractivity contribution in [2.45, 2.75) is 6.92 Å². The van der Waals surface area contributed by atoms with Crippen LogP contribution < -0.4 is 0 Å². The zero-order valence-corrected chi connectivity index (χ0v) is 31.3. The summed E-state index contributed by atoms with van der Waals surface area (Å²) in [6.45, 7) is 6.41. The molecule has 8 aromatic carbocycles. The van der Waals surface area contributed by atoms with Crippen molar-refractivity contribution in [3.05, 3.63) is 188 Å². The van der Waals surface area contributed by atoms with Crippen molar-refractivity contribution in [2.75, 3.05) is 0 Å². The van der Waals surface area contributed by atoms with E-state index in [4.69, 9.17) is 15.0 Å². The summed E-state index contributed by atoms with van der Waals surface area (Å²) in [5, 5.41) is 9.34. The van der Waals surface area contributed by atoms with Gasteiger partial charge in [0.1, 0.15) is 0 Å². The fourth-order valence-electron chi connectivity index (χ4n) is 8.73. The Labute approximate surface area is 329 Å². The molecule has 11 aromatic rings. The van der Waals surface area contributed by atoms with Crippen LogP contribution >= 0.6 is 0 Å². The van der Waals surface area contributed by atoms with E-state index in [1.165, 1.54) is 26.9 Å². The Morgan fingerprint density at radius 2 is 1.07 bits per heavy atom. The van der Waals surface area contributed by atoms with E-state index in [1.807, 2.05) is 42.5 Å². The molecule has 0 spiro atoms. The average molecular weight is 730 g/mol.